The molecule has 3 atom stereocenters. The Morgan fingerprint density at radius 1 is 0.943 bits per heavy atom. The van der Waals surface area contributed by atoms with E-state index in [1.807, 2.05) is 55.5 Å². The van der Waals surface area contributed by atoms with Gasteiger partial charge in [-0.3, -0.25) is 14.6 Å². The second kappa shape index (κ2) is 10.9. The van der Waals surface area contributed by atoms with Crippen molar-refractivity contribution in [2.75, 3.05) is 34.5 Å². The van der Waals surface area contributed by atoms with E-state index >= 15 is 0 Å². The quantitative estimate of drug-likeness (QED) is 0.412. The number of Topliss-reactive ketones (excluding diaryl/α,β-unsaturated/α-hetero) is 1. The third kappa shape index (κ3) is 5.15. The minimum Gasteiger partial charge on any atom is -0.497 e. The SMILES string of the molecule is COCCOC(=O)C1C(C)=NC2=C(C(=O)C[C@@H](c3ccc(OC)cc3)C2)[C@H]1c1cccc(OC)c1. The van der Waals surface area contributed by atoms with Crippen molar-refractivity contribution in [2.24, 2.45) is 10.9 Å². The van der Waals surface area contributed by atoms with E-state index in [9.17, 15) is 9.59 Å². The number of rotatable bonds is 8. The molecule has 1 aliphatic heterocycles. The molecule has 0 spiro atoms. The topological polar surface area (TPSA) is 83.4 Å². The minimum atomic E-state index is -0.695. The van der Waals surface area contributed by atoms with Gasteiger partial charge in [0.05, 0.1) is 20.8 Å². The van der Waals surface area contributed by atoms with Crippen LogP contribution in [-0.2, 0) is 19.1 Å². The van der Waals surface area contributed by atoms with E-state index in [0.29, 0.717) is 36.5 Å². The van der Waals surface area contributed by atoms with Crippen LogP contribution >= 0.6 is 0 Å². The lowest BCUT2D eigenvalue weighted by atomic mass is 9.69. The van der Waals surface area contributed by atoms with E-state index in [4.69, 9.17) is 23.9 Å². The van der Waals surface area contributed by atoms with Crippen LogP contribution in [-0.4, -0.2) is 52.0 Å². The van der Waals surface area contributed by atoms with Crippen LogP contribution in [0.3, 0.4) is 0 Å². The van der Waals surface area contributed by atoms with Crippen LogP contribution in [0.5, 0.6) is 11.5 Å². The molecule has 4 rings (SSSR count). The highest BCUT2D eigenvalue weighted by atomic mass is 16.6. The number of ether oxygens (including phenoxy) is 4. The Balaban J connectivity index is 1.74. The Morgan fingerprint density at radius 2 is 1.69 bits per heavy atom. The largest absolute Gasteiger partial charge is 0.497 e. The Morgan fingerprint density at radius 3 is 2.37 bits per heavy atom. The van der Waals surface area contributed by atoms with Gasteiger partial charge in [-0.05, 0) is 54.7 Å². The first-order valence-corrected chi connectivity index (χ1v) is 11.7. The van der Waals surface area contributed by atoms with Gasteiger partial charge in [-0.25, -0.2) is 0 Å². The van der Waals surface area contributed by atoms with Gasteiger partial charge < -0.3 is 18.9 Å². The van der Waals surface area contributed by atoms with Gasteiger partial charge in [-0.1, -0.05) is 24.3 Å². The predicted octanol–water partition coefficient (Wildman–Crippen LogP) is 4.47. The molecule has 7 heteroatoms. The van der Waals surface area contributed by atoms with Crippen molar-refractivity contribution < 1.29 is 28.5 Å². The second-order valence-electron chi connectivity index (χ2n) is 8.81. The zero-order chi connectivity index (χ0) is 24.9. The van der Waals surface area contributed by atoms with Gasteiger partial charge in [0.2, 0.25) is 0 Å². The molecule has 0 radical (unpaired) electrons. The first-order valence-electron chi connectivity index (χ1n) is 11.7. The molecular weight excluding hydrogens is 446 g/mol. The fraction of sp³-hybridized carbons (Fsp3) is 0.393. The van der Waals surface area contributed by atoms with Crippen LogP contribution in [0.1, 0.15) is 42.7 Å². The molecule has 1 heterocycles. The summed E-state index contributed by atoms with van der Waals surface area (Å²) in [5.74, 6) is -0.138. The summed E-state index contributed by atoms with van der Waals surface area (Å²) >= 11 is 0. The summed E-state index contributed by atoms with van der Waals surface area (Å²) in [6.45, 7) is 2.28. The number of carbonyl (C=O) groups is 2. The molecule has 0 saturated heterocycles. The number of allylic oxidation sites excluding steroid dienone is 2. The van der Waals surface area contributed by atoms with Crippen molar-refractivity contribution in [3.63, 3.8) is 0 Å². The molecular formula is C28H31NO6. The van der Waals surface area contributed by atoms with Crippen LogP contribution in [0, 0.1) is 5.92 Å². The van der Waals surface area contributed by atoms with Crippen molar-refractivity contribution >= 4 is 17.5 Å². The maximum Gasteiger partial charge on any atom is 0.315 e. The van der Waals surface area contributed by atoms with E-state index < -0.39 is 17.8 Å². The molecule has 2 aromatic rings. The number of aliphatic imine (C=N–C) groups is 1. The molecule has 0 amide bonds. The van der Waals surface area contributed by atoms with Crippen LogP contribution in [0.4, 0.5) is 0 Å². The van der Waals surface area contributed by atoms with Gasteiger partial charge in [0.1, 0.15) is 24.0 Å². The van der Waals surface area contributed by atoms with Gasteiger partial charge in [-0.15, -0.1) is 0 Å². The first-order chi connectivity index (χ1) is 17.0. The molecule has 0 aromatic heterocycles. The molecule has 1 aliphatic carbocycles. The van der Waals surface area contributed by atoms with E-state index in [1.165, 1.54) is 0 Å². The average Bonchev–Trinajstić information content (AvgIpc) is 2.87. The molecule has 184 valence electrons. The number of methoxy groups -OCH3 is 3. The van der Waals surface area contributed by atoms with E-state index in [1.54, 1.807) is 21.3 Å². The van der Waals surface area contributed by atoms with Gasteiger partial charge in [0.15, 0.2) is 5.78 Å². The molecule has 2 aromatic carbocycles. The fourth-order valence-electron chi connectivity index (χ4n) is 4.99. The number of nitrogens with zero attached hydrogens (tertiary/aromatic N) is 1. The van der Waals surface area contributed by atoms with Gasteiger partial charge in [-0.2, -0.15) is 0 Å². The molecule has 0 saturated carbocycles. The Bertz CT molecular complexity index is 1150. The molecule has 7 nitrogen and oxygen atoms in total. The fourth-order valence-corrected chi connectivity index (χ4v) is 4.99. The Labute approximate surface area is 205 Å². The summed E-state index contributed by atoms with van der Waals surface area (Å²) in [6, 6.07) is 15.3. The van der Waals surface area contributed by atoms with E-state index in [0.717, 1.165) is 22.6 Å². The number of esters is 1. The third-order valence-corrected chi connectivity index (χ3v) is 6.71. The van der Waals surface area contributed by atoms with Crippen molar-refractivity contribution in [1.82, 2.24) is 0 Å². The van der Waals surface area contributed by atoms with Crippen LogP contribution in [0.15, 0.2) is 64.8 Å². The summed E-state index contributed by atoms with van der Waals surface area (Å²) in [5, 5.41) is 0. The number of hydrogen-bond donors (Lipinski definition) is 0. The van der Waals surface area contributed by atoms with E-state index in [2.05, 4.69) is 0 Å². The maximum absolute atomic E-state index is 13.7. The molecule has 2 aliphatic rings. The highest BCUT2D eigenvalue weighted by Gasteiger charge is 2.44. The van der Waals surface area contributed by atoms with Crippen LogP contribution < -0.4 is 9.47 Å². The van der Waals surface area contributed by atoms with Gasteiger partial charge >= 0.3 is 5.97 Å². The zero-order valence-corrected chi connectivity index (χ0v) is 20.6. The summed E-state index contributed by atoms with van der Waals surface area (Å²) in [6.07, 6.45) is 0.974. The highest BCUT2D eigenvalue weighted by molar-refractivity contribution is 6.09. The monoisotopic (exact) mass is 477 g/mol. The molecule has 0 N–H and O–H groups in total. The smallest absolute Gasteiger partial charge is 0.315 e. The summed E-state index contributed by atoms with van der Waals surface area (Å²) in [4.78, 5) is 31.7. The highest BCUT2D eigenvalue weighted by Crippen LogP contribution is 2.47. The summed E-state index contributed by atoms with van der Waals surface area (Å²) in [7, 11) is 4.78. The van der Waals surface area contributed by atoms with Crippen molar-refractivity contribution in [3.05, 3.63) is 70.9 Å². The first kappa shape index (κ1) is 24.7. The zero-order valence-electron chi connectivity index (χ0n) is 20.6. The van der Waals surface area contributed by atoms with Crippen LogP contribution in [0.2, 0.25) is 0 Å². The number of ketones is 1. The number of hydrogen-bond acceptors (Lipinski definition) is 7. The van der Waals surface area contributed by atoms with E-state index in [-0.39, 0.29) is 18.3 Å². The molecule has 35 heavy (non-hydrogen) atoms. The lowest BCUT2D eigenvalue weighted by molar-refractivity contribution is -0.147. The number of benzene rings is 2. The van der Waals surface area contributed by atoms with Crippen molar-refractivity contribution in [1.29, 1.82) is 0 Å². The predicted molar refractivity (Wildman–Crippen MR) is 132 cm³/mol. The minimum absolute atomic E-state index is 0.00540. The lowest BCUT2D eigenvalue weighted by Gasteiger charge is -2.36. The summed E-state index contributed by atoms with van der Waals surface area (Å²) < 4.78 is 21.2. The number of carbonyl (C=O) groups excluding carboxylic acids is 2. The Kier molecular flexibility index (Phi) is 7.66. The Hall–Kier alpha value is -3.45. The second-order valence-corrected chi connectivity index (χ2v) is 8.81. The van der Waals surface area contributed by atoms with Crippen LogP contribution in [0.25, 0.3) is 0 Å². The normalized spacial score (nSPS) is 21.8. The standard InChI is InChI=1S/C28H31NO6/c1-17-25(28(31)35-13-12-32-2)26(19-6-5-7-22(14-19)34-4)27-23(29-17)15-20(16-24(27)30)18-8-10-21(33-3)11-9-18/h5-11,14,20,25-26H,12-13,15-16H2,1-4H3/t20-,25?,26-/m0/s1. The average molecular weight is 478 g/mol. The van der Waals surface area contributed by atoms with Crippen molar-refractivity contribution in [3.8, 4) is 11.5 Å². The molecule has 0 fully saturated rings. The van der Waals surface area contributed by atoms with Crippen molar-refractivity contribution in [2.45, 2.75) is 31.6 Å². The molecule has 1 unspecified atom stereocenters. The molecule has 0 bridgehead atoms. The van der Waals surface area contributed by atoms with Gasteiger partial charge in [0.25, 0.3) is 0 Å². The third-order valence-electron chi connectivity index (χ3n) is 6.71. The lowest BCUT2D eigenvalue weighted by Crippen LogP contribution is -2.38. The maximum atomic E-state index is 13.7. The van der Waals surface area contributed by atoms with Gasteiger partial charge in [0, 0.05) is 36.4 Å². The summed E-state index contributed by atoms with van der Waals surface area (Å²) in [5.41, 5.74) is 3.88.